The molecule has 0 spiro atoms. The predicted octanol–water partition coefficient (Wildman–Crippen LogP) is 2.06. The van der Waals surface area contributed by atoms with Crippen molar-refractivity contribution in [3.63, 3.8) is 0 Å². The first-order valence-corrected chi connectivity index (χ1v) is 6.06. The van der Waals surface area contributed by atoms with Gasteiger partial charge in [0.25, 0.3) is 5.91 Å². The van der Waals surface area contributed by atoms with Gasteiger partial charge in [0.05, 0.1) is 6.26 Å². The number of carboxylic acids is 1. The highest BCUT2D eigenvalue weighted by Crippen LogP contribution is 2.30. The Kier molecular flexibility index (Phi) is 3.15. The summed E-state index contributed by atoms with van der Waals surface area (Å²) in [5.74, 6) is -1.05. The Morgan fingerprint density at radius 2 is 2.17 bits per heavy atom. The maximum absolute atomic E-state index is 12.4. The number of hydrogen-bond donors (Lipinski definition) is 1. The van der Waals surface area contributed by atoms with Crippen molar-refractivity contribution in [1.29, 1.82) is 0 Å². The molecule has 0 radical (unpaired) electrons. The molecule has 1 N–H and O–H groups in total. The fourth-order valence-electron chi connectivity index (χ4n) is 2.38. The van der Waals surface area contributed by atoms with Crippen LogP contribution in [0.2, 0.25) is 0 Å². The molecule has 1 atom stereocenters. The molecule has 1 saturated heterocycles. The summed E-state index contributed by atoms with van der Waals surface area (Å²) in [4.78, 5) is 25.2. The topological polar surface area (TPSA) is 70.8 Å². The van der Waals surface area contributed by atoms with E-state index in [2.05, 4.69) is 0 Å². The molecule has 5 nitrogen and oxygen atoms in total. The number of likely N-dealkylation sites (tertiary alicyclic amines) is 1. The fourth-order valence-corrected chi connectivity index (χ4v) is 2.38. The largest absolute Gasteiger partial charge is 0.480 e. The van der Waals surface area contributed by atoms with Crippen LogP contribution in [0.1, 0.15) is 42.3 Å². The Morgan fingerprint density at radius 3 is 2.72 bits per heavy atom. The molecular weight excluding hydrogens is 234 g/mol. The van der Waals surface area contributed by atoms with E-state index in [1.165, 1.54) is 11.2 Å². The Bertz CT molecular complexity index is 479. The number of aryl methyl sites for hydroxylation is 1. The smallest absolute Gasteiger partial charge is 0.329 e. The van der Waals surface area contributed by atoms with Crippen molar-refractivity contribution in [2.24, 2.45) is 0 Å². The first-order chi connectivity index (χ1) is 8.47. The van der Waals surface area contributed by atoms with E-state index in [1.54, 1.807) is 19.9 Å². The Morgan fingerprint density at radius 1 is 1.44 bits per heavy atom. The van der Waals surface area contributed by atoms with E-state index in [-0.39, 0.29) is 11.7 Å². The van der Waals surface area contributed by atoms with Gasteiger partial charge in [-0.3, -0.25) is 4.79 Å². The number of hydrogen-bond acceptors (Lipinski definition) is 3. The van der Waals surface area contributed by atoms with Crippen LogP contribution in [0.3, 0.4) is 0 Å². The molecule has 0 saturated carbocycles. The number of carbonyl (C=O) groups excluding carboxylic acids is 1. The van der Waals surface area contributed by atoms with Gasteiger partial charge in [0.15, 0.2) is 5.76 Å². The first kappa shape index (κ1) is 12.7. The van der Waals surface area contributed by atoms with Gasteiger partial charge in [0.2, 0.25) is 0 Å². The van der Waals surface area contributed by atoms with Crippen molar-refractivity contribution >= 4 is 11.9 Å². The van der Waals surface area contributed by atoms with Gasteiger partial charge in [-0.05, 0) is 39.2 Å². The molecule has 18 heavy (non-hydrogen) atoms. The van der Waals surface area contributed by atoms with Crippen molar-refractivity contribution < 1.29 is 19.1 Å². The highest BCUT2D eigenvalue weighted by molar-refractivity contribution is 5.96. The standard InChI is InChI=1S/C13H17NO4/c1-9-5-8-18-10(9)11(15)14-7-4-3-6-13(14,2)12(16)17/h5,8H,3-4,6-7H2,1-2H3,(H,16,17). The van der Waals surface area contributed by atoms with Gasteiger partial charge < -0.3 is 14.4 Å². The number of furan rings is 1. The number of carbonyl (C=O) groups is 2. The molecule has 2 heterocycles. The van der Waals surface area contributed by atoms with Gasteiger partial charge in [-0.1, -0.05) is 0 Å². The van der Waals surface area contributed by atoms with Gasteiger partial charge in [-0.15, -0.1) is 0 Å². The lowest BCUT2D eigenvalue weighted by Gasteiger charge is -2.41. The summed E-state index contributed by atoms with van der Waals surface area (Å²) in [7, 11) is 0. The molecule has 1 aromatic heterocycles. The second-order valence-corrected chi connectivity index (χ2v) is 4.93. The molecule has 1 aliphatic heterocycles. The third kappa shape index (κ3) is 1.89. The molecule has 0 aliphatic carbocycles. The lowest BCUT2D eigenvalue weighted by Crippen LogP contribution is -2.57. The van der Waals surface area contributed by atoms with Gasteiger partial charge >= 0.3 is 5.97 Å². The number of nitrogens with zero attached hydrogens (tertiary/aromatic N) is 1. The maximum Gasteiger partial charge on any atom is 0.329 e. The van der Waals surface area contributed by atoms with Crippen LogP contribution in [0.4, 0.5) is 0 Å². The summed E-state index contributed by atoms with van der Waals surface area (Å²) in [6, 6.07) is 1.70. The summed E-state index contributed by atoms with van der Waals surface area (Å²) < 4.78 is 5.17. The predicted molar refractivity (Wildman–Crippen MR) is 64.4 cm³/mol. The molecule has 1 aliphatic rings. The van der Waals surface area contributed by atoms with Crippen LogP contribution in [-0.4, -0.2) is 34.0 Å². The highest BCUT2D eigenvalue weighted by atomic mass is 16.4. The minimum absolute atomic E-state index is 0.240. The second-order valence-electron chi connectivity index (χ2n) is 4.93. The van der Waals surface area contributed by atoms with E-state index in [9.17, 15) is 14.7 Å². The third-order valence-electron chi connectivity index (χ3n) is 3.65. The molecule has 1 unspecified atom stereocenters. The lowest BCUT2D eigenvalue weighted by molar-refractivity contribution is -0.150. The molecule has 0 aromatic carbocycles. The summed E-state index contributed by atoms with van der Waals surface area (Å²) in [6.07, 6.45) is 3.58. The Balaban J connectivity index is 2.33. The number of rotatable bonds is 2. The highest BCUT2D eigenvalue weighted by Gasteiger charge is 2.45. The average Bonchev–Trinajstić information content (AvgIpc) is 2.75. The van der Waals surface area contributed by atoms with Crippen LogP contribution in [0.25, 0.3) is 0 Å². The normalized spacial score (nSPS) is 24.0. The zero-order valence-electron chi connectivity index (χ0n) is 10.6. The van der Waals surface area contributed by atoms with Crippen molar-refractivity contribution in [2.45, 2.75) is 38.6 Å². The van der Waals surface area contributed by atoms with Crippen molar-refractivity contribution in [2.75, 3.05) is 6.54 Å². The summed E-state index contributed by atoms with van der Waals surface area (Å²) in [6.45, 7) is 3.84. The molecule has 98 valence electrons. The van der Waals surface area contributed by atoms with E-state index in [1.807, 2.05) is 0 Å². The van der Waals surface area contributed by atoms with Gasteiger partial charge in [-0.2, -0.15) is 0 Å². The van der Waals surface area contributed by atoms with Gasteiger partial charge in [-0.25, -0.2) is 4.79 Å². The van der Waals surface area contributed by atoms with Crippen LogP contribution in [0, 0.1) is 6.92 Å². The molecule has 0 bridgehead atoms. The van der Waals surface area contributed by atoms with E-state index < -0.39 is 11.5 Å². The molecule has 2 rings (SSSR count). The van der Waals surface area contributed by atoms with Crippen LogP contribution >= 0.6 is 0 Å². The van der Waals surface area contributed by atoms with E-state index in [0.717, 1.165) is 18.4 Å². The quantitative estimate of drug-likeness (QED) is 0.873. The molecule has 1 fully saturated rings. The molecular formula is C13H17NO4. The SMILES string of the molecule is Cc1ccoc1C(=O)N1CCCCC1(C)C(=O)O. The van der Waals surface area contributed by atoms with E-state index in [4.69, 9.17) is 4.42 Å². The summed E-state index contributed by atoms with van der Waals surface area (Å²) in [5.41, 5.74) is -0.396. The molecule has 1 aromatic rings. The zero-order chi connectivity index (χ0) is 13.3. The molecule has 5 heteroatoms. The number of amides is 1. The van der Waals surface area contributed by atoms with Crippen LogP contribution in [0.15, 0.2) is 16.7 Å². The first-order valence-electron chi connectivity index (χ1n) is 6.06. The average molecular weight is 251 g/mol. The van der Waals surface area contributed by atoms with Crippen LogP contribution in [-0.2, 0) is 4.79 Å². The Hall–Kier alpha value is -1.78. The molecule has 1 amide bonds. The summed E-state index contributed by atoms with van der Waals surface area (Å²) >= 11 is 0. The zero-order valence-corrected chi connectivity index (χ0v) is 10.6. The number of aliphatic carboxylic acids is 1. The van der Waals surface area contributed by atoms with Crippen molar-refractivity contribution in [3.8, 4) is 0 Å². The third-order valence-corrected chi connectivity index (χ3v) is 3.65. The minimum Gasteiger partial charge on any atom is -0.480 e. The number of carboxylic acid groups (broad SMARTS) is 1. The maximum atomic E-state index is 12.4. The lowest BCUT2D eigenvalue weighted by atomic mass is 9.88. The van der Waals surface area contributed by atoms with Crippen LogP contribution in [0.5, 0.6) is 0 Å². The van der Waals surface area contributed by atoms with Gasteiger partial charge in [0, 0.05) is 12.1 Å². The summed E-state index contributed by atoms with van der Waals surface area (Å²) in [5, 5.41) is 9.36. The monoisotopic (exact) mass is 251 g/mol. The number of piperidine rings is 1. The van der Waals surface area contributed by atoms with Crippen molar-refractivity contribution in [3.05, 3.63) is 23.7 Å². The Labute approximate surface area is 105 Å². The minimum atomic E-state index is -1.13. The fraction of sp³-hybridized carbons (Fsp3) is 0.538. The van der Waals surface area contributed by atoms with E-state index >= 15 is 0 Å². The van der Waals surface area contributed by atoms with Crippen molar-refractivity contribution in [1.82, 2.24) is 4.90 Å². The van der Waals surface area contributed by atoms with Crippen LogP contribution < -0.4 is 0 Å². The van der Waals surface area contributed by atoms with Gasteiger partial charge in [0.1, 0.15) is 5.54 Å². The van der Waals surface area contributed by atoms with E-state index in [0.29, 0.717) is 13.0 Å². The second kappa shape index (κ2) is 4.48.